The summed E-state index contributed by atoms with van der Waals surface area (Å²) < 4.78 is 5.98. The number of hydrogen-bond acceptors (Lipinski definition) is 3. The van der Waals surface area contributed by atoms with E-state index in [-0.39, 0.29) is 30.1 Å². The third-order valence-electron chi connectivity index (χ3n) is 5.11. The number of benzene rings is 1. The van der Waals surface area contributed by atoms with Gasteiger partial charge in [-0.15, -0.1) is 24.0 Å². The molecule has 2 saturated heterocycles. The SMILES string of the molecule is CN=C(NCCCc1ccc(Cl)cc1Cl)NCC1CN2CCCC2CO1.I. The Labute approximate surface area is 189 Å². The number of aliphatic imine (C=N–C) groups is 1. The minimum absolute atomic E-state index is 0. The van der Waals surface area contributed by atoms with Crippen LogP contribution in [0.4, 0.5) is 0 Å². The summed E-state index contributed by atoms with van der Waals surface area (Å²) in [6, 6.07) is 6.31. The van der Waals surface area contributed by atoms with E-state index in [9.17, 15) is 0 Å². The molecule has 2 heterocycles. The summed E-state index contributed by atoms with van der Waals surface area (Å²) >= 11 is 12.1. The van der Waals surface area contributed by atoms with Crippen molar-refractivity contribution in [3.05, 3.63) is 33.8 Å². The number of rotatable bonds is 6. The molecule has 152 valence electrons. The molecule has 0 bridgehead atoms. The van der Waals surface area contributed by atoms with Gasteiger partial charge in [0.05, 0.1) is 12.7 Å². The van der Waals surface area contributed by atoms with Crippen LogP contribution >= 0.6 is 47.2 Å². The lowest BCUT2D eigenvalue weighted by molar-refractivity contribution is -0.0453. The van der Waals surface area contributed by atoms with Crippen molar-refractivity contribution in [2.75, 3.05) is 39.8 Å². The van der Waals surface area contributed by atoms with Gasteiger partial charge >= 0.3 is 0 Å². The average Bonchev–Trinajstić information content (AvgIpc) is 3.10. The van der Waals surface area contributed by atoms with Crippen LogP contribution in [0.25, 0.3) is 0 Å². The number of ether oxygens (including phenoxy) is 1. The Balaban J connectivity index is 0.00000261. The molecular formula is C19H29Cl2IN4O. The molecule has 2 atom stereocenters. The summed E-state index contributed by atoms with van der Waals surface area (Å²) in [5.41, 5.74) is 1.12. The first-order valence-electron chi connectivity index (χ1n) is 9.40. The predicted octanol–water partition coefficient (Wildman–Crippen LogP) is 3.57. The van der Waals surface area contributed by atoms with Crippen molar-refractivity contribution in [3.63, 3.8) is 0 Å². The Morgan fingerprint density at radius 1 is 1.33 bits per heavy atom. The molecule has 0 amide bonds. The predicted molar refractivity (Wildman–Crippen MR) is 124 cm³/mol. The molecule has 2 N–H and O–H groups in total. The maximum absolute atomic E-state index is 6.21. The van der Waals surface area contributed by atoms with E-state index >= 15 is 0 Å². The number of nitrogens with zero attached hydrogens (tertiary/aromatic N) is 2. The van der Waals surface area contributed by atoms with Crippen LogP contribution in [-0.2, 0) is 11.2 Å². The molecule has 2 aliphatic rings. The average molecular weight is 527 g/mol. The molecule has 0 aliphatic carbocycles. The molecule has 5 nitrogen and oxygen atoms in total. The third kappa shape index (κ3) is 6.92. The van der Waals surface area contributed by atoms with Gasteiger partial charge in [0.25, 0.3) is 0 Å². The molecule has 2 fully saturated rings. The molecule has 2 aliphatic heterocycles. The van der Waals surface area contributed by atoms with Gasteiger partial charge in [0.15, 0.2) is 5.96 Å². The molecule has 27 heavy (non-hydrogen) atoms. The zero-order chi connectivity index (χ0) is 18.4. The maximum atomic E-state index is 6.21. The largest absolute Gasteiger partial charge is 0.373 e. The number of halogens is 3. The summed E-state index contributed by atoms with van der Waals surface area (Å²) in [6.07, 6.45) is 4.69. The Bertz CT molecular complexity index is 632. The van der Waals surface area contributed by atoms with E-state index < -0.39 is 0 Å². The summed E-state index contributed by atoms with van der Waals surface area (Å²) in [4.78, 5) is 6.85. The van der Waals surface area contributed by atoms with Gasteiger partial charge in [-0.05, 0) is 49.9 Å². The quantitative estimate of drug-likeness (QED) is 0.257. The second kappa shape index (κ2) is 11.7. The van der Waals surface area contributed by atoms with Crippen LogP contribution in [0.1, 0.15) is 24.8 Å². The molecule has 2 unspecified atom stereocenters. The van der Waals surface area contributed by atoms with Gasteiger partial charge < -0.3 is 15.4 Å². The minimum atomic E-state index is 0. The lowest BCUT2D eigenvalue weighted by atomic mass is 10.1. The van der Waals surface area contributed by atoms with E-state index in [0.717, 1.165) is 55.6 Å². The van der Waals surface area contributed by atoms with Gasteiger partial charge in [0, 0.05) is 42.8 Å². The molecule has 1 aromatic carbocycles. The summed E-state index contributed by atoms with van der Waals surface area (Å²) in [7, 11) is 1.80. The molecule has 0 radical (unpaired) electrons. The fourth-order valence-electron chi connectivity index (χ4n) is 3.65. The zero-order valence-electron chi connectivity index (χ0n) is 15.7. The molecule has 1 aromatic rings. The molecule has 0 aromatic heterocycles. The number of hydrogen-bond donors (Lipinski definition) is 2. The molecule has 8 heteroatoms. The standard InChI is InChI=1S/C19H28Cl2N4O.HI/c1-22-19(23-8-2-4-14-6-7-15(20)10-18(14)21)24-11-17-12-25-9-3-5-16(25)13-26-17;/h6-7,10,16-17H,2-5,8-9,11-13H2,1H3,(H2,22,23,24);1H. The lowest BCUT2D eigenvalue weighted by Gasteiger charge is -2.35. The van der Waals surface area contributed by atoms with Gasteiger partial charge in [-0.25, -0.2) is 0 Å². The molecular weight excluding hydrogens is 498 g/mol. The second-order valence-electron chi connectivity index (χ2n) is 6.97. The fourth-order valence-corrected chi connectivity index (χ4v) is 4.15. The smallest absolute Gasteiger partial charge is 0.191 e. The van der Waals surface area contributed by atoms with E-state index in [2.05, 4.69) is 20.5 Å². The van der Waals surface area contributed by atoms with Crippen molar-refractivity contribution in [2.45, 2.75) is 37.8 Å². The van der Waals surface area contributed by atoms with Crippen molar-refractivity contribution < 1.29 is 4.74 Å². The van der Waals surface area contributed by atoms with Gasteiger partial charge in [-0.3, -0.25) is 9.89 Å². The van der Waals surface area contributed by atoms with Gasteiger partial charge in [0.2, 0.25) is 0 Å². The van der Waals surface area contributed by atoms with Gasteiger partial charge in [-0.1, -0.05) is 29.3 Å². The highest BCUT2D eigenvalue weighted by Gasteiger charge is 2.32. The number of fused-ring (bicyclic) bond motifs is 1. The second-order valence-corrected chi connectivity index (χ2v) is 7.81. The first kappa shape index (κ1) is 23.0. The van der Waals surface area contributed by atoms with Crippen molar-refractivity contribution in [3.8, 4) is 0 Å². The first-order valence-corrected chi connectivity index (χ1v) is 10.2. The monoisotopic (exact) mass is 526 g/mol. The van der Waals surface area contributed by atoms with E-state index in [1.807, 2.05) is 12.1 Å². The lowest BCUT2D eigenvalue weighted by Crippen LogP contribution is -2.51. The van der Waals surface area contributed by atoms with Gasteiger partial charge in [0.1, 0.15) is 0 Å². The van der Waals surface area contributed by atoms with Crippen LogP contribution < -0.4 is 10.6 Å². The van der Waals surface area contributed by atoms with E-state index in [1.54, 1.807) is 13.1 Å². The normalized spacial score (nSPS) is 22.9. The number of aryl methyl sites for hydroxylation is 1. The number of guanidine groups is 1. The highest BCUT2D eigenvalue weighted by molar-refractivity contribution is 14.0. The molecule has 0 spiro atoms. The van der Waals surface area contributed by atoms with Crippen LogP contribution in [0.2, 0.25) is 10.0 Å². The summed E-state index contributed by atoms with van der Waals surface area (Å²) in [5.74, 6) is 0.819. The minimum Gasteiger partial charge on any atom is -0.373 e. The third-order valence-corrected chi connectivity index (χ3v) is 5.70. The Hall–Kier alpha value is -0.280. The maximum Gasteiger partial charge on any atom is 0.191 e. The van der Waals surface area contributed by atoms with E-state index in [1.165, 1.54) is 19.4 Å². The summed E-state index contributed by atoms with van der Waals surface area (Å²) in [5, 5.41) is 8.14. The van der Waals surface area contributed by atoms with E-state index in [0.29, 0.717) is 11.1 Å². The van der Waals surface area contributed by atoms with Crippen LogP contribution in [0.15, 0.2) is 23.2 Å². The Kier molecular flexibility index (Phi) is 9.93. The fraction of sp³-hybridized carbons (Fsp3) is 0.632. The van der Waals surface area contributed by atoms with Crippen LogP contribution in [-0.4, -0.2) is 62.8 Å². The van der Waals surface area contributed by atoms with Crippen molar-refractivity contribution >= 4 is 53.1 Å². The highest BCUT2D eigenvalue weighted by Crippen LogP contribution is 2.23. The van der Waals surface area contributed by atoms with Crippen LogP contribution in [0, 0.1) is 0 Å². The van der Waals surface area contributed by atoms with Crippen molar-refractivity contribution in [1.29, 1.82) is 0 Å². The summed E-state index contributed by atoms with van der Waals surface area (Å²) in [6.45, 7) is 4.71. The zero-order valence-corrected chi connectivity index (χ0v) is 19.6. The van der Waals surface area contributed by atoms with Gasteiger partial charge in [-0.2, -0.15) is 0 Å². The van der Waals surface area contributed by atoms with Crippen molar-refractivity contribution in [1.82, 2.24) is 15.5 Å². The first-order chi connectivity index (χ1) is 12.7. The molecule has 3 rings (SSSR count). The number of nitrogens with one attached hydrogen (secondary N) is 2. The molecule has 0 saturated carbocycles. The van der Waals surface area contributed by atoms with Crippen LogP contribution in [0.5, 0.6) is 0 Å². The Morgan fingerprint density at radius 3 is 2.96 bits per heavy atom. The number of morpholine rings is 1. The Morgan fingerprint density at radius 2 is 2.19 bits per heavy atom. The highest BCUT2D eigenvalue weighted by atomic mass is 127. The van der Waals surface area contributed by atoms with Crippen LogP contribution in [0.3, 0.4) is 0 Å². The van der Waals surface area contributed by atoms with Crippen molar-refractivity contribution in [2.24, 2.45) is 4.99 Å². The topological polar surface area (TPSA) is 48.9 Å². The van der Waals surface area contributed by atoms with E-state index in [4.69, 9.17) is 27.9 Å².